The number of hydrogen-bond acceptors (Lipinski definition) is 2. The second kappa shape index (κ2) is 8.33. The van der Waals surface area contributed by atoms with Gasteiger partial charge in [-0.3, -0.25) is 4.79 Å². The van der Waals surface area contributed by atoms with Gasteiger partial charge in [0.05, 0.1) is 5.92 Å². The highest BCUT2D eigenvalue weighted by Gasteiger charge is 2.34. The molecule has 2 aliphatic rings. The molecule has 0 saturated heterocycles. The summed E-state index contributed by atoms with van der Waals surface area (Å²) in [5.41, 5.74) is 6.81. The standard InChI is InChI=1S/C11H18O2.C8H11N/c12-11(13)10-6-5-8-3-1-2-4-9(8)7-10;1-7(9)8-5-3-2-4-6-8/h8-10H,1-7H2,(H,12,13);2-7H,9H2,1H3/t8?,9?,10-;7-/m01/s1. The van der Waals surface area contributed by atoms with Crippen LogP contribution in [0.4, 0.5) is 0 Å². The van der Waals surface area contributed by atoms with Gasteiger partial charge < -0.3 is 10.8 Å². The van der Waals surface area contributed by atoms with E-state index in [0.29, 0.717) is 0 Å². The summed E-state index contributed by atoms with van der Waals surface area (Å²) in [7, 11) is 0. The molecule has 2 unspecified atom stereocenters. The van der Waals surface area contributed by atoms with Gasteiger partial charge in [0, 0.05) is 6.04 Å². The molecule has 2 saturated carbocycles. The number of benzene rings is 1. The maximum atomic E-state index is 10.8. The Morgan fingerprint density at radius 1 is 1.09 bits per heavy atom. The maximum Gasteiger partial charge on any atom is 0.306 e. The summed E-state index contributed by atoms with van der Waals surface area (Å²) in [6.45, 7) is 1.98. The van der Waals surface area contributed by atoms with E-state index in [1.807, 2.05) is 37.3 Å². The van der Waals surface area contributed by atoms with Crippen LogP contribution in [0.5, 0.6) is 0 Å². The molecule has 3 rings (SSSR count). The van der Waals surface area contributed by atoms with Crippen molar-refractivity contribution in [2.45, 2.75) is 57.9 Å². The molecule has 3 nitrogen and oxygen atoms in total. The molecule has 3 N–H and O–H groups in total. The van der Waals surface area contributed by atoms with Crippen LogP contribution in [-0.4, -0.2) is 11.1 Å². The molecular formula is C19H29NO2. The molecule has 0 spiro atoms. The molecule has 0 amide bonds. The molecule has 0 aliphatic heterocycles. The Kier molecular flexibility index (Phi) is 6.44. The SMILES string of the molecule is C[C@@H](N)c1ccccc1.O=C(O)[C@H]1CCC2CCCCC2C1. The van der Waals surface area contributed by atoms with E-state index in [1.165, 1.54) is 37.7 Å². The van der Waals surface area contributed by atoms with Gasteiger partial charge >= 0.3 is 5.97 Å². The number of carbonyl (C=O) groups is 1. The van der Waals surface area contributed by atoms with Crippen LogP contribution in [0.3, 0.4) is 0 Å². The minimum absolute atomic E-state index is 0.0284. The van der Waals surface area contributed by atoms with E-state index in [4.69, 9.17) is 10.8 Å². The molecular weight excluding hydrogens is 274 g/mol. The quantitative estimate of drug-likeness (QED) is 0.852. The molecule has 0 bridgehead atoms. The zero-order chi connectivity index (χ0) is 15.9. The van der Waals surface area contributed by atoms with Crippen molar-refractivity contribution in [1.29, 1.82) is 0 Å². The Morgan fingerprint density at radius 3 is 2.27 bits per heavy atom. The predicted octanol–water partition coefficient (Wildman–Crippen LogP) is 4.38. The minimum Gasteiger partial charge on any atom is -0.481 e. The van der Waals surface area contributed by atoms with Crippen LogP contribution in [-0.2, 0) is 4.79 Å². The van der Waals surface area contributed by atoms with Gasteiger partial charge in [-0.1, -0.05) is 56.0 Å². The molecule has 22 heavy (non-hydrogen) atoms. The predicted molar refractivity (Wildman–Crippen MR) is 89.5 cm³/mol. The monoisotopic (exact) mass is 303 g/mol. The molecule has 1 aromatic carbocycles. The molecule has 0 aromatic heterocycles. The topological polar surface area (TPSA) is 63.3 Å². The van der Waals surface area contributed by atoms with Crippen molar-refractivity contribution in [1.82, 2.24) is 0 Å². The fourth-order valence-electron chi connectivity index (χ4n) is 3.85. The number of rotatable bonds is 2. The van der Waals surface area contributed by atoms with Crippen molar-refractivity contribution in [3.63, 3.8) is 0 Å². The highest BCUT2D eigenvalue weighted by Crippen LogP contribution is 2.42. The first kappa shape index (κ1) is 17.0. The van der Waals surface area contributed by atoms with Crippen LogP contribution in [0.2, 0.25) is 0 Å². The molecule has 4 atom stereocenters. The Labute approximate surface area is 133 Å². The Balaban J connectivity index is 0.000000172. The first-order valence-electron chi connectivity index (χ1n) is 8.61. The van der Waals surface area contributed by atoms with Gasteiger partial charge in [0.2, 0.25) is 0 Å². The van der Waals surface area contributed by atoms with E-state index >= 15 is 0 Å². The number of carboxylic acid groups (broad SMARTS) is 1. The van der Waals surface area contributed by atoms with Crippen molar-refractivity contribution in [3.05, 3.63) is 35.9 Å². The molecule has 3 heteroatoms. The number of carboxylic acids is 1. The van der Waals surface area contributed by atoms with Crippen molar-refractivity contribution in [2.75, 3.05) is 0 Å². The third kappa shape index (κ3) is 4.84. The maximum absolute atomic E-state index is 10.8. The fourth-order valence-corrected chi connectivity index (χ4v) is 3.85. The summed E-state index contributed by atoms with van der Waals surface area (Å²) < 4.78 is 0. The Bertz CT molecular complexity index is 458. The third-order valence-electron chi connectivity index (χ3n) is 5.21. The lowest BCUT2D eigenvalue weighted by Gasteiger charge is -2.37. The van der Waals surface area contributed by atoms with Crippen LogP contribution < -0.4 is 5.73 Å². The summed E-state index contributed by atoms with van der Waals surface area (Å²) in [5, 5.41) is 8.93. The van der Waals surface area contributed by atoms with Gasteiger partial charge in [0.1, 0.15) is 0 Å². The van der Waals surface area contributed by atoms with E-state index in [0.717, 1.165) is 24.7 Å². The number of hydrogen-bond donors (Lipinski definition) is 2. The second-order valence-corrected chi connectivity index (χ2v) is 6.85. The summed E-state index contributed by atoms with van der Waals surface area (Å²) >= 11 is 0. The van der Waals surface area contributed by atoms with Crippen LogP contribution in [0.25, 0.3) is 0 Å². The fraction of sp³-hybridized carbons (Fsp3) is 0.632. The van der Waals surface area contributed by atoms with Gasteiger partial charge in [-0.25, -0.2) is 0 Å². The first-order valence-corrected chi connectivity index (χ1v) is 8.61. The highest BCUT2D eigenvalue weighted by molar-refractivity contribution is 5.70. The van der Waals surface area contributed by atoms with E-state index in [2.05, 4.69) is 0 Å². The summed E-state index contributed by atoms with van der Waals surface area (Å²) in [6, 6.07) is 10.2. The minimum atomic E-state index is -0.566. The highest BCUT2D eigenvalue weighted by atomic mass is 16.4. The van der Waals surface area contributed by atoms with Gasteiger partial charge in [0.15, 0.2) is 0 Å². The van der Waals surface area contributed by atoms with Gasteiger partial charge in [-0.15, -0.1) is 0 Å². The zero-order valence-electron chi connectivity index (χ0n) is 13.6. The normalized spacial score (nSPS) is 28.7. The molecule has 1 aromatic rings. The van der Waals surface area contributed by atoms with Gasteiger partial charge in [0.25, 0.3) is 0 Å². The number of fused-ring (bicyclic) bond motifs is 1. The summed E-state index contributed by atoms with van der Waals surface area (Å²) in [4.78, 5) is 10.8. The van der Waals surface area contributed by atoms with Gasteiger partial charge in [-0.05, 0) is 43.6 Å². The van der Waals surface area contributed by atoms with Gasteiger partial charge in [-0.2, -0.15) is 0 Å². The summed E-state index contributed by atoms with van der Waals surface area (Å²) in [5.74, 6) is 1.01. The molecule has 2 aliphatic carbocycles. The number of nitrogens with two attached hydrogens (primary N) is 1. The van der Waals surface area contributed by atoms with Crippen molar-refractivity contribution >= 4 is 5.97 Å². The smallest absolute Gasteiger partial charge is 0.306 e. The van der Waals surface area contributed by atoms with Crippen LogP contribution in [0.15, 0.2) is 30.3 Å². The van der Waals surface area contributed by atoms with Crippen molar-refractivity contribution < 1.29 is 9.90 Å². The molecule has 122 valence electrons. The van der Waals surface area contributed by atoms with E-state index < -0.39 is 5.97 Å². The lowest BCUT2D eigenvalue weighted by molar-refractivity contribution is -0.144. The zero-order valence-corrected chi connectivity index (χ0v) is 13.6. The van der Waals surface area contributed by atoms with E-state index in [-0.39, 0.29) is 12.0 Å². The van der Waals surface area contributed by atoms with Crippen LogP contribution in [0.1, 0.15) is 63.5 Å². The molecule has 2 fully saturated rings. The van der Waals surface area contributed by atoms with Crippen molar-refractivity contribution in [3.8, 4) is 0 Å². The number of aliphatic carboxylic acids is 1. The van der Waals surface area contributed by atoms with Crippen molar-refractivity contribution in [2.24, 2.45) is 23.5 Å². The van der Waals surface area contributed by atoms with Crippen LogP contribution in [0, 0.1) is 17.8 Å². The average Bonchev–Trinajstić information content (AvgIpc) is 2.55. The summed E-state index contributed by atoms with van der Waals surface area (Å²) in [6.07, 6.45) is 8.40. The lowest BCUT2D eigenvalue weighted by atomic mass is 9.67. The largest absolute Gasteiger partial charge is 0.481 e. The second-order valence-electron chi connectivity index (χ2n) is 6.85. The third-order valence-corrected chi connectivity index (χ3v) is 5.21. The Hall–Kier alpha value is -1.35. The van der Waals surface area contributed by atoms with Crippen LogP contribution >= 0.6 is 0 Å². The van der Waals surface area contributed by atoms with E-state index in [9.17, 15) is 4.79 Å². The average molecular weight is 303 g/mol. The Morgan fingerprint density at radius 2 is 1.73 bits per heavy atom. The molecule has 0 radical (unpaired) electrons. The molecule has 0 heterocycles. The first-order chi connectivity index (χ1) is 10.6. The van der Waals surface area contributed by atoms with E-state index in [1.54, 1.807) is 0 Å². The lowest BCUT2D eigenvalue weighted by Crippen LogP contribution is -2.31.